The number of thioether (sulfide) groups is 1. The third kappa shape index (κ3) is 9.12. The summed E-state index contributed by atoms with van der Waals surface area (Å²) >= 11 is 7.84. The van der Waals surface area contributed by atoms with Crippen molar-refractivity contribution in [2.45, 2.75) is 85.4 Å². The number of thiol groups is 1. The van der Waals surface area contributed by atoms with Crippen molar-refractivity contribution in [1.82, 2.24) is 0 Å². The Hall–Kier alpha value is -3.06. The van der Waals surface area contributed by atoms with E-state index in [1.807, 2.05) is 11.8 Å². The molecule has 0 amide bonds. The molecule has 0 atom stereocenters. The summed E-state index contributed by atoms with van der Waals surface area (Å²) in [5, 5.41) is 0. The van der Waals surface area contributed by atoms with Crippen LogP contribution < -0.4 is 0 Å². The van der Waals surface area contributed by atoms with Gasteiger partial charge in [0.25, 0.3) is 0 Å². The van der Waals surface area contributed by atoms with Gasteiger partial charge in [-0.3, -0.25) is 0 Å². The first-order valence-corrected chi connectivity index (χ1v) is 22.1. The summed E-state index contributed by atoms with van der Waals surface area (Å²) in [6.07, 6.45) is 17.6. The molecule has 1 aliphatic carbocycles. The van der Waals surface area contributed by atoms with Crippen molar-refractivity contribution in [2.75, 3.05) is 0 Å². The molecule has 0 N–H and O–H groups in total. The van der Waals surface area contributed by atoms with Crippen LogP contribution in [0.4, 0.5) is 0 Å². The van der Waals surface area contributed by atoms with E-state index in [0.717, 1.165) is 53.9 Å². The van der Waals surface area contributed by atoms with Crippen molar-refractivity contribution in [3.05, 3.63) is 178 Å². The predicted molar refractivity (Wildman–Crippen MR) is 229 cm³/mol. The summed E-state index contributed by atoms with van der Waals surface area (Å²) < 4.78 is 1.10. The van der Waals surface area contributed by atoms with Crippen LogP contribution in [-0.4, -0.2) is 25.8 Å². The number of hydrogen-bond donors (Lipinski definition) is 1. The molecule has 1 heterocycles. The average molecular weight is 897 g/mol. The molecule has 4 aromatic rings. The first kappa shape index (κ1) is 37.7. The molecule has 2 aliphatic rings. The molecular formula is C48H49PbS2. The topological polar surface area (TPSA) is 0 Å². The predicted octanol–water partition coefficient (Wildman–Crippen LogP) is 13.9. The first-order chi connectivity index (χ1) is 24.4. The zero-order chi connectivity index (χ0) is 36.2. The molecule has 51 heavy (non-hydrogen) atoms. The molecule has 0 nitrogen and oxygen atoms in total. The molecule has 3 radical (unpaired) electrons. The van der Waals surface area contributed by atoms with Crippen molar-refractivity contribution in [2.24, 2.45) is 0 Å². The van der Waals surface area contributed by atoms with Gasteiger partial charge >= 0.3 is 254 Å². The summed E-state index contributed by atoms with van der Waals surface area (Å²) in [5.41, 5.74) is 14.7. The summed E-state index contributed by atoms with van der Waals surface area (Å²) in [5.74, 6) is 0. The Morgan fingerprint density at radius 3 is 2.12 bits per heavy atom. The fourth-order valence-electron chi connectivity index (χ4n) is 6.79. The molecule has 6 rings (SSSR count). The van der Waals surface area contributed by atoms with Crippen molar-refractivity contribution in [3.8, 4) is 0 Å². The SMILES string of the molecule is CC(C)(C)c1cc(C2=C(/C=C/C(=C/[CH2][Pb])c3ccccc3S)CCC/C2=C\C=C2/C=C(c3ccccc3)Sc3ccccc32)cc(C(C)(C)C)c1. The minimum atomic E-state index is 0.0341. The number of allylic oxidation sites excluding steroid dienone is 11. The third-order valence-corrected chi connectivity index (χ3v) is 12.0. The van der Waals surface area contributed by atoms with Gasteiger partial charge in [0.2, 0.25) is 0 Å². The molecule has 0 saturated carbocycles. The molecule has 0 fully saturated rings. The summed E-state index contributed by atoms with van der Waals surface area (Å²) in [6, 6.07) is 35.5. The Morgan fingerprint density at radius 1 is 0.765 bits per heavy atom. The van der Waals surface area contributed by atoms with E-state index in [1.165, 1.54) is 71.0 Å². The zero-order valence-corrected chi connectivity index (χ0v) is 36.5. The normalized spacial score (nSPS) is 17.3. The van der Waals surface area contributed by atoms with Crippen molar-refractivity contribution < 1.29 is 0 Å². The van der Waals surface area contributed by atoms with E-state index < -0.39 is 0 Å². The van der Waals surface area contributed by atoms with Gasteiger partial charge in [0.1, 0.15) is 0 Å². The van der Waals surface area contributed by atoms with Crippen LogP contribution in [-0.2, 0) is 10.8 Å². The fourth-order valence-corrected chi connectivity index (χ4v) is 9.05. The maximum atomic E-state index is 4.85. The average Bonchev–Trinajstić information content (AvgIpc) is 3.12. The first-order valence-electron chi connectivity index (χ1n) is 18.1. The molecule has 0 aromatic heterocycles. The summed E-state index contributed by atoms with van der Waals surface area (Å²) in [4.78, 5) is 3.62. The second kappa shape index (κ2) is 16.3. The Bertz CT molecular complexity index is 2060. The molecule has 3 heteroatoms. The van der Waals surface area contributed by atoms with Gasteiger partial charge in [-0.15, -0.1) is 0 Å². The number of benzene rings is 4. The number of hydrogen-bond acceptors (Lipinski definition) is 2. The van der Waals surface area contributed by atoms with Crippen LogP contribution in [0.1, 0.15) is 94.2 Å². The van der Waals surface area contributed by atoms with Gasteiger partial charge in [-0.1, -0.05) is 60.3 Å². The number of rotatable bonds is 7. The standard InChI is InChI=1S/C48H49S2.Pb/c1-8-33(41-21-12-14-23-43(41)49)25-26-35-19-16-20-36(46(35)38-29-39(47(2,3)4)32-40(30-38)48(5,6)7)27-28-37-31-45(34-17-10-9-11-18-34)50-44-24-15-13-22-42(37)44;/h8-15,17-18,21-32,49H,1,16,19-20H2,2-7H3;/b26-25+,33-8-,36-27+,37-28+;. The van der Waals surface area contributed by atoms with Crippen LogP contribution in [0.5, 0.6) is 0 Å². The van der Waals surface area contributed by atoms with Gasteiger partial charge in [-0.2, -0.15) is 0 Å². The zero-order valence-electron chi connectivity index (χ0n) is 30.9. The van der Waals surface area contributed by atoms with Crippen LogP contribution in [0.3, 0.4) is 0 Å². The van der Waals surface area contributed by atoms with Crippen molar-refractivity contribution in [1.29, 1.82) is 0 Å². The second-order valence-corrected chi connectivity index (χ2v) is 18.7. The third-order valence-electron chi connectivity index (χ3n) is 9.72. The Morgan fingerprint density at radius 2 is 1.43 bits per heavy atom. The van der Waals surface area contributed by atoms with E-state index in [0.29, 0.717) is 0 Å². The molecule has 0 bridgehead atoms. The van der Waals surface area contributed by atoms with Gasteiger partial charge in [0, 0.05) is 9.80 Å². The van der Waals surface area contributed by atoms with Crippen LogP contribution in [0.25, 0.3) is 21.6 Å². The van der Waals surface area contributed by atoms with E-state index in [-0.39, 0.29) is 10.8 Å². The van der Waals surface area contributed by atoms with Gasteiger partial charge in [-0.25, -0.2) is 0 Å². The fraction of sp³-hybridized carbons (Fsp3) is 0.250. The van der Waals surface area contributed by atoms with Crippen LogP contribution >= 0.6 is 24.4 Å². The monoisotopic (exact) mass is 897 g/mol. The molecule has 0 unspecified atom stereocenters. The molecule has 257 valence electrons. The van der Waals surface area contributed by atoms with E-state index in [9.17, 15) is 0 Å². The molecule has 4 aromatic carbocycles. The van der Waals surface area contributed by atoms with Crippen LogP contribution in [0.2, 0.25) is 3.98 Å². The summed E-state index contributed by atoms with van der Waals surface area (Å²) in [7, 11) is 0. The Kier molecular flexibility index (Phi) is 12.1. The van der Waals surface area contributed by atoms with E-state index in [1.54, 1.807) is 0 Å². The number of fused-ring (bicyclic) bond motifs is 1. The molecule has 0 spiro atoms. The van der Waals surface area contributed by atoms with Crippen molar-refractivity contribution in [3.63, 3.8) is 0 Å². The van der Waals surface area contributed by atoms with E-state index in [2.05, 4.69) is 175 Å². The van der Waals surface area contributed by atoms with Gasteiger partial charge in [0.05, 0.1) is 0 Å². The van der Waals surface area contributed by atoms with Crippen LogP contribution in [0.15, 0.2) is 154 Å². The van der Waals surface area contributed by atoms with E-state index in [4.69, 9.17) is 12.6 Å². The maximum absolute atomic E-state index is 4.85. The van der Waals surface area contributed by atoms with Gasteiger partial charge in [0.15, 0.2) is 0 Å². The van der Waals surface area contributed by atoms with E-state index >= 15 is 0 Å². The van der Waals surface area contributed by atoms with Crippen LogP contribution in [0, 0.1) is 0 Å². The second-order valence-electron chi connectivity index (χ2n) is 15.6. The summed E-state index contributed by atoms with van der Waals surface area (Å²) in [6.45, 7) is 14.0. The molecular weight excluding hydrogens is 848 g/mol. The van der Waals surface area contributed by atoms with Gasteiger partial charge in [-0.05, 0) is 11.6 Å². The molecule has 0 saturated heterocycles. The quantitative estimate of drug-likeness (QED) is 0.110. The Balaban J connectivity index is 1.56. The Labute approximate surface area is 332 Å². The minimum absolute atomic E-state index is 0.0341. The van der Waals surface area contributed by atoms with Crippen molar-refractivity contribution >= 4 is 71.8 Å². The van der Waals surface area contributed by atoms with Gasteiger partial charge < -0.3 is 0 Å². The molecule has 1 aliphatic heterocycles.